The summed E-state index contributed by atoms with van der Waals surface area (Å²) in [6.45, 7) is 4.58. The molecule has 2 N–H and O–H groups in total. The van der Waals surface area contributed by atoms with Gasteiger partial charge in [-0.1, -0.05) is 6.42 Å². The normalized spacial score (nSPS) is 24.8. The van der Waals surface area contributed by atoms with Crippen LogP contribution in [-0.4, -0.2) is 47.1 Å². The van der Waals surface area contributed by atoms with E-state index in [2.05, 4.69) is 14.8 Å². The molecule has 5 nitrogen and oxygen atoms in total. The lowest BCUT2D eigenvalue weighted by atomic mass is 9.98. The summed E-state index contributed by atoms with van der Waals surface area (Å²) in [5.41, 5.74) is 8.69. The molecule has 128 valence electrons. The van der Waals surface area contributed by atoms with Crippen LogP contribution in [0.1, 0.15) is 42.5 Å². The predicted molar refractivity (Wildman–Crippen MR) is 99.9 cm³/mol. The van der Waals surface area contributed by atoms with Crippen LogP contribution in [0, 0.1) is 0 Å². The van der Waals surface area contributed by atoms with Gasteiger partial charge in [0.2, 0.25) is 5.95 Å². The second kappa shape index (κ2) is 5.85. The first kappa shape index (κ1) is 14.9. The summed E-state index contributed by atoms with van der Waals surface area (Å²) in [4.78, 5) is 16.0. The van der Waals surface area contributed by atoms with Crippen molar-refractivity contribution in [3.8, 4) is 0 Å². The molecule has 2 aliphatic heterocycles. The SMILES string of the molecule is Nc1nc(N2CCN3CCCCC3C2)c2sc3c(c2n1)CCCC3. The van der Waals surface area contributed by atoms with Gasteiger partial charge in [-0.05, 0) is 50.6 Å². The van der Waals surface area contributed by atoms with Gasteiger partial charge in [0, 0.05) is 30.6 Å². The average Bonchev–Trinajstić information content (AvgIpc) is 2.99. The smallest absolute Gasteiger partial charge is 0.222 e. The molecule has 2 aromatic rings. The van der Waals surface area contributed by atoms with E-state index in [1.165, 1.54) is 60.2 Å². The van der Waals surface area contributed by atoms with Gasteiger partial charge in [0.05, 0.1) is 10.2 Å². The summed E-state index contributed by atoms with van der Waals surface area (Å²) in [6.07, 6.45) is 8.98. The van der Waals surface area contributed by atoms with Gasteiger partial charge in [-0.15, -0.1) is 11.3 Å². The van der Waals surface area contributed by atoms with Crippen molar-refractivity contribution in [2.24, 2.45) is 0 Å². The van der Waals surface area contributed by atoms with Crippen molar-refractivity contribution in [3.63, 3.8) is 0 Å². The topological polar surface area (TPSA) is 58.3 Å². The Labute approximate surface area is 146 Å². The minimum absolute atomic E-state index is 0.440. The molecule has 3 aliphatic rings. The van der Waals surface area contributed by atoms with Crippen molar-refractivity contribution in [2.45, 2.75) is 51.0 Å². The number of hydrogen-bond acceptors (Lipinski definition) is 6. The molecule has 2 aromatic heterocycles. The Balaban J connectivity index is 1.55. The molecule has 2 fully saturated rings. The van der Waals surface area contributed by atoms with Crippen molar-refractivity contribution in [3.05, 3.63) is 10.4 Å². The van der Waals surface area contributed by atoms with Gasteiger partial charge >= 0.3 is 0 Å². The fourth-order valence-electron chi connectivity index (χ4n) is 4.68. The fourth-order valence-corrected chi connectivity index (χ4v) is 6.03. The third-order valence-electron chi connectivity index (χ3n) is 5.93. The number of rotatable bonds is 1. The molecule has 0 spiro atoms. The van der Waals surface area contributed by atoms with E-state index in [-0.39, 0.29) is 0 Å². The number of aromatic nitrogens is 2. The minimum atomic E-state index is 0.440. The predicted octanol–water partition coefficient (Wildman–Crippen LogP) is 2.83. The highest BCUT2D eigenvalue weighted by Crippen LogP contribution is 2.40. The molecule has 1 atom stereocenters. The van der Waals surface area contributed by atoms with Gasteiger partial charge < -0.3 is 10.6 Å². The zero-order valence-electron chi connectivity index (χ0n) is 14.1. The molecule has 2 saturated heterocycles. The highest BCUT2D eigenvalue weighted by atomic mass is 32.1. The maximum atomic E-state index is 6.10. The highest BCUT2D eigenvalue weighted by Gasteiger charge is 2.31. The van der Waals surface area contributed by atoms with E-state index in [1.54, 1.807) is 0 Å². The molecule has 0 radical (unpaired) electrons. The molecule has 1 aliphatic carbocycles. The third kappa shape index (κ3) is 2.39. The molecule has 0 aromatic carbocycles. The van der Waals surface area contributed by atoms with Crippen LogP contribution in [-0.2, 0) is 12.8 Å². The Morgan fingerprint density at radius 2 is 1.92 bits per heavy atom. The largest absolute Gasteiger partial charge is 0.368 e. The first-order valence-electron chi connectivity index (χ1n) is 9.36. The second-order valence-electron chi connectivity index (χ2n) is 7.43. The van der Waals surface area contributed by atoms with E-state index in [1.807, 2.05) is 11.3 Å². The second-order valence-corrected chi connectivity index (χ2v) is 8.53. The van der Waals surface area contributed by atoms with Crippen LogP contribution in [0.3, 0.4) is 0 Å². The van der Waals surface area contributed by atoms with Gasteiger partial charge in [-0.2, -0.15) is 4.98 Å². The summed E-state index contributed by atoms with van der Waals surface area (Å²) in [7, 11) is 0. The number of hydrogen-bond donors (Lipinski definition) is 1. The van der Waals surface area contributed by atoms with Gasteiger partial charge in [0.25, 0.3) is 0 Å². The number of nitrogens with two attached hydrogens (primary N) is 1. The first-order valence-corrected chi connectivity index (χ1v) is 10.2. The van der Waals surface area contributed by atoms with E-state index >= 15 is 0 Å². The monoisotopic (exact) mass is 343 g/mol. The summed E-state index contributed by atoms with van der Waals surface area (Å²) < 4.78 is 1.28. The van der Waals surface area contributed by atoms with Crippen LogP contribution in [0.2, 0.25) is 0 Å². The number of fused-ring (bicyclic) bond motifs is 4. The maximum absolute atomic E-state index is 6.10. The Morgan fingerprint density at radius 1 is 1.00 bits per heavy atom. The lowest BCUT2D eigenvalue weighted by Crippen LogP contribution is -2.55. The third-order valence-corrected chi connectivity index (χ3v) is 7.21. The molecule has 24 heavy (non-hydrogen) atoms. The zero-order chi connectivity index (χ0) is 16.1. The Kier molecular flexibility index (Phi) is 3.63. The molecule has 6 heteroatoms. The zero-order valence-corrected chi connectivity index (χ0v) is 14.9. The Bertz CT molecular complexity index is 770. The lowest BCUT2D eigenvalue weighted by Gasteiger charge is -2.44. The number of aryl methyl sites for hydroxylation is 2. The maximum Gasteiger partial charge on any atom is 0.222 e. The molecule has 1 unspecified atom stereocenters. The fraction of sp³-hybridized carbons (Fsp3) is 0.667. The van der Waals surface area contributed by atoms with Crippen molar-refractivity contribution < 1.29 is 0 Å². The first-order chi connectivity index (χ1) is 11.8. The van der Waals surface area contributed by atoms with E-state index in [9.17, 15) is 0 Å². The van der Waals surface area contributed by atoms with Gasteiger partial charge in [0.15, 0.2) is 5.82 Å². The summed E-state index contributed by atoms with van der Waals surface area (Å²) in [6, 6.07) is 0.688. The number of anilines is 2. The summed E-state index contributed by atoms with van der Waals surface area (Å²) >= 11 is 1.92. The summed E-state index contributed by atoms with van der Waals surface area (Å²) in [5, 5.41) is 0. The molecule has 0 saturated carbocycles. The van der Waals surface area contributed by atoms with Crippen LogP contribution >= 0.6 is 11.3 Å². The van der Waals surface area contributed by atoms with E-state index in [0.717, 1.165) is 37.4 Å². The highest BCUT2D eigenvalue weighted by molar-refractivity contribution is 7.19. The standard InChI is InChI=1S/C18H25N5S/c19-18-20-15-13-6-1-2-7-14(13)24-16(15)17(21-18)23-10-9-22-8-4-3-5-12(22)11-23/h12H,1-11H2,(H2,19,20,21). The minimum Gasteiger partial charge on any atom is -0.368 e. The quantitative estimate of drug-likeness (QED) is 0.863. The molecule has 0 bridgehead atoms. The van der Waals surface area contributed by atoms with Gasteiger partial charge in [0.1, 0.15) is 0 Å². The Morgan fingerprint density at radius 3 is 2.88 bits per heavy atom. The number of piperidine rings is 1. The molecular formula is C18H25N5S. The number of nitrogens with zero attached hydrogens (tertiary/aromatic N) is 4. The van der Waals surface area contributed by atoms with Crippen LogP contribution in [0.15, 0.2) is 0 Å². The summed E-state index contributed by atoms with van der Waals surface area (Å²) in [5.74, 6) is 1.54. The number of piperazine rings is 1. The van der Waals surface area contributed by atoms with Crippen LogP contribution in [0.5, 0.6) is 0 Å². The number of nitrogen functional groups attached to an aromatic ring is 1. The van der Waals surface area contributed by atoms with E-state index < -0.39 is 0 Å². The number of thiophene rings is 1. The Hall–Kier alpha value is -1.40. The van der Waals surface area contributed by atoms with Crippen molar-refractivity contribution in [2.75, 3.05) is 36.8 Å². The molecule has 0 amide bonds. The van der Waals surface area contributed by atoms with Crippen molar-refractivity contribution >= 4 is 33.3 Å². The van der Waals surface area contributed by atoms with Gasteiger partial charge in [-0.3, -0.25) is 4.90 Å². The van der Waals surface area contributed by atoms with E-state index in [0.29, 0.717) is 12.0 Å². The van der Waals surface area contributed by atoms with Gasteiger partial charge in [-0.25, -0.2) is 4.98 Å². The molecule has 4 heterocycles. The van der Waals surface area contributed by atoms with Crippen LogP contribution < -0.4 is 10.6 Å². The molecule has 5 rings (SSSR count). The lowest BCUT2D eigenvalue weighted by molar-refractivity contribution is 0.133. The van der Waals surface area contributed by atoms with Crippen LogP contribution in [0.25, 0.3) is 10.2 Å². The molecular weight excluding hydrogens is 318 g/mol. The van der Waals surface area contributed by atoms with E-state index in [4.69, 9.17) is 10.7 Å². The van der Waals surface area contributed by atoms with Crippen molar-refractivity contribution in [1.82, 2.24) is 14.9 Å². The average molecular weight is 344 g/mol. The van der Waals surface area contributed by atoms with Crippen molar-refractivity contribution in [1.29, 1.82) is 0 Å². The van der Waals surface area contributed by atoms with Crippen LogP contribution in [0.4, 0.5) is 11.8 Å².